The summed E-state index contributed by atoms with van der Waals surface area (Å²) in [7, 11) is 0. The van der Waals surface area contributed by atoms with Crippen LogP contribution in [0, 0.1) is 5.92 Å². The van der Waals surface area contributed by atoms with Crippen LogP contribution in [0.2, 0.25) is 0 Å². The molecule has 4 atom stereocenters. The van der Waals surface area contributed by atoms with Crippen LogP contribution < -0.4 is 33.2 Å². The number of nitrogens with two attached hydrogens (primary N) is 3. The molecule has 0 saturated carbocycles. The molecule has 0 aliphatic rings. The van der Waals surface area contributed by atoms with Crippen molar-refractivity contribution in [1.29, 1.82) is 0 Å². The highest BCUT2D eigenvalue weighted by Gasteiger charge is 2.31. The summed E-state index contributed by atoms with van der Waals surface area (Å²) in [5.74, 6) is -5.92. The fourth-order valence-electron chi connectivity index (χ4n) is 2.96. The van der Waals surface area contributed by atoms with Gasteiger partial charge in [-0.25, -0.2) is 4.79 Å². The van der Waals surface area contributed by atoms with Crippen LogP contribution >= 0.6 is 0 Å². The normalized spacial score (nSPS) is 14.3. The molecule has 11 N–H and O–H groups in total. The Bertz CT molecular complexity index is 760. The first-order valence-corrected chi connectivity index (χ1v) is 11.4. The van der Waals surface area contributed by atoms with Gasteiger partial charge in [0.05, 0.1) is 6.04 Å². The number of aliphatic carboxylic acids is 2. The number of carboxylic acids is 2. The third kappa shape index (κ3) is 13.3. The lowest BCUT2D eigenvalue weighted by Gasteiger charge is -2.25. The van der Waals surface area contributed by atoms with Gasteiger partial charge in [-0.3, -0.25) is 24.0 Å². The average Bonchev–Trinajstić information content (AvgIpc) is 2.77. The quantitative estimate of drug-likeness (QED) is 0.0935. The van der Waals surface area contributed by atoms with E-state index >= 15 is 0 Å². The van der Waals surface area contributed by atoms with Crippen LogP contribution in [0.4, 0.5) is 0 Å². The summed E-state index contributed by atoms with van der Waals surface area (Å²) in [5.41, 5.74) is 16.5. The minimum absolute atomic E-state index is 0.195. The first-order chi connectivity index (χ1) is 16.3. The molecule has 0 aromatic heterocycles. The molecule has 0 aliphatic carbocycles. The second kappa shape index (κ2) is 16.4. The minimum Gasteiger partial charge on any atom is -0.481 e. The Hall–Kier alpha value is -3.26. The van der Waals surface area contributed by atoms with Crippen LogP contribution in [0.3, 0.4) is 0 Å². The third-order valence-electron chi connectivity index (χ3n) is 5.17. The van der Waals surface area contributed by atoms with Gasteiger partial charge in [0.15, 0.2) is 0 Å². The lowest BCUT2D eigenvalue weighted by molar-refractivity contribution is -0.143. The van der Waals surface area contributed by atoms with Crippen molar-refractivity contribution < 1.29 is 39.0 Å². The van der Waals surface area contributed by atoms with Crippen molar-refractivity contribution in [2.24, 2.45) is 23.1 Å². The Balaban J connectivity index is 5.59. The zero-order chi connectivity index (χ0) is 27.1. The highest BCUT2D eigenvalue weighted by Crippen LogP contribution is 2.07. The van der Waals surface area contributed by atoms with E-state index in [2.05, 4.69) is 16.0 Å². The molecule has 0 spiro atoms. The van der Waals surface area contributed by atoms with E-state index in [-0.39, 0.29) is 25.2 Å². The lowest BCUT2D eigenvalue weighted by Crippen LogP contribution is -2.57. The van der Waals surface area contributed by atoms with Crippen molar-refractivity contribution >= 4 is 35.6 Å². The number of hydrogen-bond donors (Lipinski definition) is 8. The maximum atomic E-state index is 13.0. The van der Waals surface area contributed by atoms with Gasteiger partial charge < -0.3 is 43.4 Å². The summed E-state index contributed by atoms with van der Waals surface area (Å²) in [6, 6.07) is -4.84. The number of nitrogens with one attached hydrogen (secondary N) is 3. The van der Waals surface area contributed by atoms with Crippen LogP contribution in [-0.2, 0) is 28.8 Å². The largest absolute Gasteiger partial charge is 0.481 e. The van der Waals surface area contributed by atoms with Crippen LogP contribution in [0.1, 0.15) is 58.8 Å². The Morgan fingerprint density at radius 3 is 1.69 bits per heavy atom. The number of carbonyl (C=O) groups excluding carboxylic acids is 4. The number of amides is 4. The number of carbonyl (C=O) groups is 6. The first kappa shape index (κ1) is 31.7. The highest BCUT2D eigenvalue weighted by atomic mass is 16.4. The number of unbranched alkanes of at least 4 members (excludes halogenated alkanes) is 1. The lowest BCUT2D eigenvalue weighted by atomic mass is 10.0. The van der Waals surface area contributed by atoms with Gasteiger partial charge in [0.2, 0.25) is 23.6 Å². The molecule has 0 heterocycles. The van der Waals surface area contributed by atoms with Crippen molar-refractivity contribution in [3.8, 4) is 0 Å². The number of rotatable bonds is 18. The molecule has 200 valence electrons. The third-order valence-corrected chi connectivity index (χ3v) is 5.17. The molecule has 14 nitrogen and oxygen atoms in total. The van der Waals surface area contributed by atoms with Gasteiger partial charge in [0, 0.05) is 12.8 Å². The smallest absolute Gasteiger partial charge is 0.326 e. The highest BCUT2D eigenvalue weighted by molar-refractivity contribution is 5.94. The Morgan fingerprint density at radius 2 is 1.23 bits per heavy atom. The van der Waals surface area contributed by atoms with E-state index < -0.39 is 72.6 Å². The summed E-state index contributed by atoms with van der Waals surface area (Å²) in [5, 5.41) is 25.2. The second-order valence-corrected chi connectivity index (χ2v) is 8.51. The predicted octanol–water partition coefficient (Wildman–Crippen LogP) is -2.23. The van der Waals surface area contributed by atoms with Crippen LogP contribution in [-0.4, -0.2) is 76.5 Å². The molecule has 35 heavy (non-hydrogen) atoms. The van der Waals surface area contributed by atoms with Crippen LogP contribution in [0.25, 0.3) is 0 Å². The van der Waals surface area contributed by atoms with Gasteiger partial charge in [-0.15, -0.1) is 0 Å². The van der Waals surface area contributed by atoms with Crippen molar-refractivity contribution in [2.45, 2.75) is 83.0 Å². The number of primary amides is 1. The van der Waals surface area contributed by atoms with Crippen molar-refractivity contribution in [1.82, 2.24) is 16.0 Å². The zero-order valence-corrected chi connectivity index (χ0v) is 20.1. The van der Waals surface area contributed by atoms with E-state index in [0.29, 0.717) is 19.4 Å². The Labute approximate surface area is 203 Å². The molecule has 0 aliphatic heterocycles. The number of carboxylic acid groups (broad SMARTS) is 2. The molecule has 4 amide bonds. The van der Waals surface area contributed by atoms with E-state index in [1.807, 2.05) is 0 Å². The molecule has 0 aromatic rings. The fraction of sp³-hybridized carbons (Fsp3) is 0.714. The van der Waals surface area contributed by atoms with Gasteiger partial charge in [0.25, 0.3) is 0 Å². The molecule has 0 unspecified atom stereocenters. The summed E-state index contributed by atoms with van der Waals surface area (Å²) >= 11 is 0. The topological polar surface area (TPSA) is 257 Å². The van der Waals surface area contributed by atoms with Crippen molar-refractivity contribution in [3.05, 3.63) is 0 Å². The first-order valence-electron chi connectivity index (χ1n) is 11.4. The maximum absolute atomic E-state index is 13.0. The van der Waals surface area contributed by atoms with E-state index in [4.69, 9.17) is 22.3 Å². The summed E-state index contributed by atoms with van der Waals surface area (Å²) in [4.78, 5) is 71.6. The standard InChI is InChI=1S/C21H38N6O8/c1-11(2)17(24)20(33)26-12(5-3-4-10-22)18(31)25-13(6-8-15(23)28)19(32)27-14(21(34)35)7-9-16(29)30/h11-14,17H,3-10,22,24H2,1-2H3,(H2,23,28)(H,25,31)(H,26,33)(H,27,32)(H,29,30)(H,34,35)/t12-,13-,14-,17-/m0/s1. The van der Waals surface area contributed by atoms with Crippen molar-refractivity contribution in [2.75, 3.05) is 6.54 Å². The van der Waals surface area contributed by atoms with E-state index in [9.17, 15) is 33.9 Å². The average molecular weight is 503 g/mol. The molecule has 0 aromatic carbocycles. The summed E-state index contributed by atoms with van der Waals surface area (Å²) in [6.07, 6.45) is -0.189. The van der Waals surface area contributed by atoms with Gasteiger partial charge in [-0.1, -0.05) is 13.8 Å². The molecule has 0 rings (SSSR count). The maximum Gasteiger partial charge on any atom is 0.326 e. The Morgan fingerprint density at radius 1 is 0.743 bits per heavy atom. The SMILES string of the molecule is CC(C)[C@H](N)C(=O)N[C@@H](CCCCN)C(=O)N[C@@H](CCC(N)=O)C(=O)N[C@@H](CCC(=O)O)C(=O)O. The van der Waals surface area contributed by atoms with Crippen LogP contribution in [0.15, 0.2) is 0 Å². The molecule has 14 heteroatoms. The summed E-state index contributed by atoms with van der Waals surface area (Å²) in [6.45, 7) is 3.84. The van der Waals surface area contributed by atoms with E-state index in [1.54, 1.807) is 13.8 Å². The second-order valence-electron chi connectivity index (χ2n) is 8.51. The molecular formula is C21H38N6O8. The van der Waals surface area contributed by atoms with E-state index in [0.717, 1.165) is 0 Å². The van der Waals surface area contributed by atoms with Crippen LogP contribution in [0.5, 0.6) is 0 Å². The molecule has 0 bridgehead atoms. The van der Waals surface area contributed by atoms with E-state index in [1.165, 1.54) is 0 Å². The fourth-order valence-corrected chi connectivity index (χ4v) is 2.96. The van der Waals surface area contributed by atoms with Gasteiger partial charge in [0.1, 0.15) is 18.1 Å². The zero-order valence-electron chi connectivity index (χ0n) is 20.1. The molecule has 0 saturated heterocycles. The molecule has 0 radical (unpaired) electrons. The van der Waals surface area contributed by atoms with Crippen molar-refractivity contribution in [3.63, 3.8) is 0 Å². The molecule has 0 fully saturated rings. The minimum atomic E-state index is -1.53. The Kier molecular flexibility index (Phi) is 14.9. The van der Waals surface area contributed by atoms with Gasteiger partial charge >= 0.3 is 11.9 Å². The van der Waals surface area contributed by atoms with Gasteiger partial charge in [-0.05, 0) is 44.6 Å². The predicted molar refractivity (Wildman–Crippen MR) is 124 cm³/mol. The monoisotopic (exact) mass is 502 g/mol. The molecular weight excluding hydrogens is 464 g/mol. The summed E-state index contributed by atoms with van der Waals surface area (Å²) < 4.78 is 0. The number of hydrogen-bond acceptors (Lipinski definition) is 8. The van der Waals surface area contributed by atoms with Gasteiger partial charge in [-0.2, -0.15) is 0 Å².